The van der Waals surface area contributed by atoms with Crippen LogP contribution in [0.25, 0.3) is 0 Å². The summed E-state index contributed by atoms with van der Waals surface area (Å²) in [6.07, 6.45) is 5.22. The van der Waals surface area contributed by atoms with Crippen LogP contribution in [0.15, 0.2) is 36.8 Å². The minimum absolute atomic E-state index is 0.0298. The van der Waals surface area contributed by atoms with Crippen molar-refractivity contribution < 1.29 is 9.53 Å². The predicted octanol–water partition coefficient (Wildman–Crippen LogP) is 2.33. The number of hydrogen-bond acceptors (Lipinski definition) is 7. The summed E-state index contributed by atoms with van der Waals surface area (Å²) < 4.78 is 5.22. The van der Waals surface area contributed by atoms with Crippen LogP contribution in [0.2, 0.25) is 0 Å². The zero-order valence-electron chi connectivity index (χ0n) is 19.3. The average molecular weight is 439 g/mol. The van der Waals surface area contributed by atoms with E-state index in [0.717, 1.165) is 74.9 Å². The lowest BCUT2D eigenvalue weighted by Gasteiger charge is -2.38. The Hall–Kier alpha value is -2.87. The van der Waals surface area contributed by atoms with E-state index in [1.807, 2.05) is 37.4 Å². The number of aromatic nitrogens is 2. The van der Waals surface area contributed by atoms with E-state index in [4.69, 9.17) is 4.74 Å². The lowest BCUT2D eigenvalue weighted by Crippen LogP contribution is -2.46. The highest BCUT2D eigenvalue weighted by Gasteiger charge is 2.29. The average Bonchev–Trinajstić information content (AvgIpc) is 2.84. The normalized spacial score (nSPS) is 19.0. The SMILES string of the molecule is COc1ccc(C(C)NC(=O)C2CCN(c3cncnc3N3CCN(C)CC3)CC2)cc1. The van der Waals surface area contributed by atoms with Crippen molar-refractivity contribution in [2.75, 3.05) is 63.2 Å². The molecule has 1 aromatic carbocycles. The molecule has 2 aliphatic heterocycles. The first-order valence-corrected chi connectivity index (χ1v) is 11.5. The number of amides is 1. The van der Waals surface area contributed by atoms with Gasteiger partial charge in [-0.15, -0.1) is 0 Å². The van der Waals surface area contributed by atoms with E-state index in [9.17, 15) is 4.79 Å². The number of nitrogens with one attached hydrogen (secondary N) is 1. The van der Waals surface area contributed by atoms with Crippen molar-refractivity contribution in [1.82, 2.24) is 20.2 Å². The van der Waals surface area contributed by atoms with Crippen molar-refractivity contribution in [3.63, 3.8) is 0 Å². The number of likely N-dealkylation sites (N-methyl/N-ethyl adjacent to an activating group) is 1. The number of nitrogens with zero attached hydrogens (tertiary/aromatic N) is 5. The number of anilines is 2. The van der Waals surface area contributed by atoms with E-state index in [1.165, 1.54) is 0 Å². The second-order valence-corrected chi connectivity index (χ2v) is 8.79. The van der Waals surface area contributed by atoms with Crippen molar-refractivity contribution in [2.24, 2.45) is 5.92 Å². The van der Waals surface area contributed by atoms with Crippen LogP contribution in [0.1, 0.15) is 31.4 Å². The smallest absolute Gasteiger partial charge is 0.223 e. The molecule has 0 radical (unpaired) electrons. The molecular formula is C24H34N6O2. The zero-order chi connectivity index (χ0) is 22.5. The molecule has 0 bridgehead atoms. The molecule has 2 fully saturated rings. The molecule has 0 saturated carbocycles. The van der Waals surface area contributed by atoms with Gasteiger partial charge in [0.25, 0.3) is 0 Å². The third-order valence-electron chi connectivity index (χ3n) is 6.66. The lowest BCUT2D eigenvalue weighted by molar-refractivity contribution is -0.126. The molecule has 3 heterocycles. The fourth-order valence-electron chi connectivity index (χ4n) is 4.49. The first-order valence-electron chi connectivity index (χ1n) is 11.5. The molecular weight excluding hydrogens is 404 g/mol. The number of hydrogen-bond donors (Lipinski definition) is 1. The molecule has 1 amide bonds. The molecule has 1 atom stereocenters. The van der Waals surface area contributed by atoms with Gasteiger partial charge in [0.05, 0.1) is 25.0 Å². The fraction of sp³-hybridized carbons (Fsp3) is 0.542. The van der Waals surface area contributed by atoms with Gasteiger partial charge < -0.3 is 24.8 Å². The van der Waals surface area contributed by atoms with Crippen LogP contribution >= 0.6 is 0 Å². The van der Waals surface area contributed by atoms with Crippen LogP contribution in [-0.2, 0) is 4.79 Å². The van der Waals surface area contributed by atoms with Crippen LogP contribution in [0.4, 0.5) is 11.5 Å². The molecule has 32 heavy (non-hydrogen) atoms. The van der Waals surface area contributed by atoms with Gasteiger partial charge in [-0.05, 0) is 44.5 Å². The number of carbonyl (C=O) groups excluding carboxylic acids is 1. The number of ether oxygens (including phenoxy) is 1. The van der Waals surface area contributed by atoms with E-state index in [0.29, 0.717) is 0 Å². The Morgan fingerprint density at radius 2 is 1.75 bits per heavy atom. The molecule has 0 aliphatic carbocycles. The van der Waals surface area contributed by atoms with Gasteiger partial charge in [0, 0.05) is 45.2 Å². The summed E-state index contributed by atoms with van der Waals surface area (Å²) in [5.74, 6) is 2.00. The number of piperazine rings is 1. The highest BCUT2D eigenvalue weighted by atomic mass is 16.5. The van der Waals surface area contributed by atoms with Crippen LogP contribution in [0.5, 0.6) is 5.75 Å². The molecule has 1 aromatic heterocycles. The van der Waals surface area contributed by atoms with Crippen molar-refractivity contribution in [3.05, 3.63) is 42.4 Å². The topological polar surface area (TPSA) is 73.8 Å². The summed E-state index contributed by atoms with van der Waals surface area (Å²) in [4.78, 5) is 28.8. The molecule has 2 saturated heterocycles. The van der Waals surface area contributed by atoms with Crippen molar-refractivity contribution in [2.45, 2.75) is 25.8 Å². The predicted molar refractivity (Wildman–Crippen MR) is 126 cm³/mol. The second-order valence-electron chi connectivity index (χ2n) is 8.79. The maximum Gasteiger partial charge on any atom is 0.223 e. The van der Waals surface area contributed by atoms with Crippen LogP contribution in [0, 0.1) is 5.92 Å². The second kappa shape index (κ2) is 10.2. The standard InChI is InChI=1S/C24H34N6O2/c1-18(19-4-6-21(32-3)7-5-19)27-24(31)20-8-10-29(11-9-20)22-16-25-17-26-23(22)30-14-12-28(2)13-15-30/h4-7,16-18,20H,8-15H2,1-3H3,(H,27,31). The quantitative estimate of drug-likeness (QED) is 0.742. The number of benzene rings is 1. The minimum Gasteiger partial charge on any atom is -0.497 e. The molecule has 2 aromatic rings. The number of carbonyl (C=O) groups is 1. The molecule has 172 valence electrons. The maximum atomic E-state index is 12.9. The number of rotatable bonds is 6. The molecule has 8 heteroatoms. The van der Waals surface area contributed by atoms with E-state index in [-0.39, 0.29) is 17.9 Å². The highest BCUT2D eigenvalue weighted by Crippen LogP contribution is 2.31. The first kappa shape index (κ1) is 22.3. The van der Waals surface area contributed by atoms with Gasteiger partial charge in [-0.2, -0.15) is 0 Å². The third-order valence-corrected chi connectivity index (χ3v) is 6.66. The van der Waals surface area contributed by atoms with Crippen molar-refractivity contribution >= 4 is 17.4 Å². The molecule has 1 N–H and O–H groups in total. The fourth-order valence-corrected chi connectivity index (χ4v) is 4.49. The van der Waals surface area contributed by atoms with Crippen LogP contribution in [-0.4, -0.2) is 74.2 Å². The summed E-state index contributed by atoms with van der Waals surface area (Å²) in [5, 5.41) is 3.19. The van der Waals surface area contributed by atoms with Gasteiger partial charge >= 0.3 is 0 Å². The summed E-state index contributed by atoms with van der Waals surface area (Å²) >= 11 is 0. The Kier molecular flexibility index (Phi) is 7.09. The first-order chi connectivity index (χ1) is 15.5. The van der Waals surface area contributed by atoms with Crippen LogP contribution in [0.3, 0.4) is 0 Å². The summed E-state index contributed by atoms with van der Waals surface area (Å²) in [5.41, 5.74) is 2.16. The third kappa shape index (κ3) is 5.12. The molecule has 4 rings (SSSR count). The van der Waals surface area contributed by atoms with Gasteiger partial charge in [0.2, 0.25) is 5.91 Å². The summed E-state index contributed by atoms with van der Waals surface area (Å²) in [7, 11) is 3.81. The van der Waals surface area contributed by atoms with Crippen molar-refractivity contribution in [1.29, 1.82) is 0 Å². The zero-order valence-corrected chi connectivity index (χ0v) is 19.3. The summed E-state index contributed by atoms with van der Waals surface area (Å²) in [6.45, 7) is 7.73. The Labute approximate surface area is 190 Å². The maximum absolute atomic E-state index is 12.9. The monoisotopic (exact) mass is 438 g/mol. The Bertz CT molecular complexity index is 890. The van der Waals surface area contributed by atoms with Gasteiger partial charge in [-0.25, -0.2) is 9.97 Å². The number of methoxy groups -OCH3 is 1. The molecule has 2 aliphatic rings. The van der Waals surface area contributed by atoms with E-state index >= 15 is 0 Å². The Morgan fingerprint density at radius 3 is 2.41 bits per heavy atom. The molecule has 1 unspecified atom stereocenters. The number of piperidine rings is 1. The Morgan fingerprint density at radius 1 is 1.06 bits per heavy atom. The van der Waals surface area contributed by atoms with Crippen LogP contribution < -0.4 is 19.9 Å². The minimum atomic E-state index is -0.0298. The van der Waals surface area contributed by atoms with Gasteiger partial charge in [-0.3, -0.25) is 4.79 Å². The molecule has 8 nitrogen and oxygen atoms in total. The van der Waals surface area contributed by atoms with E-state index in [1.54, 1.807) is 13.4 Å². The highest BCUT2D eigenvalue weighted by molar-refractivity contribution is 5.79. The summed E-state index contributed by atoms with van der Waals surface area (Å²) in [6, 6.07) is 7.83. The lowest BCUT2D eigenvalue weighted by atomic mass is 9.95. The van der Waals surface area contributed by atoms with Gasteiger partial charge in [0.15, 0.2) is 5.82 Å². The largest absolute Gasteiger partial charge is 0.497 e. The Balaban J connectivity index is 1.33. The van der Waals surface area contributed by atoms with Gasteiger partial charge in [0.1, 0.15) is 12.1 Å². The van der Waals surface area contributed by atoms with E-state index < -0.39 is 0 Å². The van der Waals surface area contributed by atoms with E-state index in [2.05, 4.69) is 37.0 Å². The van der Waals surface area contributed by atoms with Gasteiger partial charge in [-0.1, -0.05) is 12.1 Å². The van der Waals surface area contributed by atoms with Crippen molar-refractivity contribution in [3.8, 4) is 5.75 Å². The molecule has 0 spiro atoms.